The molecule has 0 saturated heterocycles. The molecule has 0 heterocycles. The SMILES string of the molecule is COc1ccc(/C(C#N)=C/c2c(OCc3ccccc3)ccc3ccccc23)cc1. The van der Waals surface area contributed by atoms with Crippen molar-refractivity contribution in [3.8, 4) is 17.6 Å². The van der Waals surface area contributed by atoms with Crippen LogP contribution in [0.5, 0.6) is 11.5 Å². The van der Waals surface area contributed by atoms with E-state index in [1.54, 1.807) is 7.11 Å². The number of fused-ring (bicyclic) bond motifs is 1. The number of benzene rings is 4. The molecule has 4 aromatic rings. The van der Waals surface area contributed by atoms with Gasteiger partial charge in [-0.05, 0) is 58.3 Å². The summed E-state index contributed by atoms with van der Waals surface area (Å²) in [6.07, 6.45) is 1.91. The molecule has 0 saturated carbocycles. The second-order valence-electron chi connectivity index (χ2n) is 6.87. The summed E-state index contributed by atoms with van der Waals surface area (Å²) < 4.78 is 11.4. The number of ether oxygens (including phenoxy) is 2. The van der Waals surface area contributed by atoms with Crippen molar-refractivity contribution in [2.45, 2.75) is 6.61 Å². The molecule has 4 rings (SSSR count). The van der Waals surface area contributed by atoms with E-state index >= 15 is 0 Å². The second-order valence-corrected chi connectivity index (χ2v) is 6.87. The number of hydrogen-bond acceptors (Lipinski definition) is 3. The van der Waals surface area contributed by atoms with Gasteiger partial charge < -0.3 is 9.47 Å². The highest BCUT2D eigenvalue weighted by Crippen LogP contribution is 2.32. The van der Waals surface area contributed by atoms with Crippen LogP contribution in [0.4, 0.5) is 0 Å². The van der Waals surface area contributed by atoms with Crippen molar-refractivity contribution in [1.29, 1.82) is 5.26 Å². The van der Waals surface area contributed by atoms with Crippen molar-refractivity contribution >= 4 is 22.4 Å². The monoisotopic (exact) mass is 391 g/mol. The van der Waals surface area contributed by atoms with Crippen LogP contribution in [0.3, 0.4) is 0 Å². The molecule has 3 heteroatoms. The number of hydrogen-bond donors (Lipinski definition) is 0. The van der Waals surface area contributed by atoms with Gasteiger partial charge in [-0.1, -0.05) is 60.7 Å². The lowest BCUT2D eigenvalue weighted by Gasteiger charge is -2.13. The van der Waals surface area contributed by atoms with E-state index in [1.165, 1.54) is 0 Å². The van der Waals surface area contributed by atoms with Crippen molar-refractivity contribution in [3.05, 3.63) is 108 Å². The molecular weight excluding hydrogens is 370 g/mol. The Labute approximate surface area is 176 Å². The van der Waals surface area contributed by atoms with E-state index in [1.807, 2.05) is 84.9 Å². The van der Waals surface area contributed by atoms with Crippen LogP contribution in [-0.2, 0) is 6.61 Å². The highest BCUT2D eigenvalue weighted by Gasteiger charge is 2.10. The summed E-state index contributed by atoms with van der Waals surface area (Å²) in [5.41, 5.74) is 3.39. The maximum absolute atomic E-state index is 9.85. The molecule has 0 aliphatic carbocycles. The summed E-state index contributed by atoms with van der Waals surface area (Å²) >= 11 is 0. The first-order valence-electron chi connectivity index (χ1n) is 9.73. The molecular formula is C27H21NO2. The van der Waals surface area contributed by atoms with Crippen molar-refractivity contribution in [2.24, 2.45) is 0 Å². The lowest BCUT2D eigenvalue weighted by Crippen LogP contribution is -1.97. The summed E-state index contributed by atoms with van der Waals surface area (Å²) in [5, 5.41) is 12.0. The summed E-state index contributed by atoms with van der Waals surface area (Å²) in [7, 11) is 1.63. The largest absolute Gasteiger partial charge is 0.497 e. The van der Waals surface area contributed by atoms with Crippen LogP contribution >= 0.6 is 0 Å². The number of allylic oxidation sites excluding steroid dienone is 1. The Bertz CT molecular complexity index is 1220. The van der Waals surface area contributed by atoms with Gasteiger partial charge in [0, 0.05) is 5.56 Å². The van der Waals surface area contributed by atoms with Crippen LogP contribution in [-0.4, -0.2) is 7.11 Å². The predicted molar refractivity (Wildman–Crippen MR) is 121 cm³/mol. The van der Waals surface area contributed by atoms with Gasteiger partial charge in [-0.2, -0.15) is 5.26 Å². The maximum Gasteiger partial charge on any atom is 0.127 e. The molecule has 0 aliphatic heterocycles. The predicted octanol–water partition coefficient (Wildman–Crippen LogP) is 6.49. The molecule has 4 aromatic carbocycles. The van der Waals surface area contributed by atoms with Gasteiger partial charge in [0.15, 0.2) is 0 Å². The van der Waals surface area contributed by atoms with Crippen LogP contribution in [0.25, 0.3) is 22.4 Å². The number of nitrogens with zero attached hydrogens (tertiary/aromatic N) is 1. The summed E-state index contributed by atoms with van der Waals surface area (Å²) in [4.78, 5) is 0. The Balaban J connectivity index is 1.78. The van der Waals surface area contributed by atoms with Crippen LogP contribution in [0.15, 0.2) is 91.0 Å². The van der Waals surface area contributed by atoms with Crippen LogP contribution in [0.2, 0.25) is 0 Å². The molecule has 0 N–H and O–H groups in total. The maximum atomic E-state index is 9.85. The van der Waals surface area contributed by atoms with Gasteiger partial charge in [-0.25, -0.2) is 0 Å². The first-order chi connectivity index (χ1) is 14.8. The fourth-order valence-corrected chi connectivity index (χ4v) is 3.38. The quantitative estimate of drug-likeness (QED) is 0.279. The van der Waals surface area contributed by atoms with Crippen LogP contribution < -0.4 is 9.47 Å². The Morgan fingerprint density at radius 1 is 0.867 bits per heavy atom. The summed E-state index contributed by atoms with van der Waals surface area (Å²) in [6, 6.07) is 32.0. The summed E-state index contributed by atoms with van der Waals surface area (Å²) in [5.74, 6) is 1.51. The molecule has 0 atom stereocenters. The van der Waals surface area contributed by atoms with Crippen LogP contribution in [0.1, 0.15) is 16.7 Å². The van der Waals surface area contributed by atoms with E-state index in [2.05, 4.69) is 18.2 Å². The molecule has 0 radical (unpaired) electrons. The average molecular weight is 391 g/mol. The molecule has 0 unspecified atom stereocenters. The van der Waals surface area contributed by atoms with E-state index in [-0.39, 0.29) is 0 Å². The van der Waals surface area contributed by atoms with E-state index in [0.29, 0.717) is 12.2 Å². The molecule has 3 nitrogen and oxygen atoms in total. The highest BCUT2D eigenvalue weighted by atomic mass is 16.5. The van der Waals surface area contributed by atoms with E-state index in [0.717, 1.165) is 39.0 Å². The van der Waals surface area contributed by atoms with Crippen molar-refractivity contribution in [3.63, 3.8) is 0 Å². The fourth-order valence-electron chi connectivity index (χ4n) is 3.38. The zero-order valence-corrected chi connectivity index (χ0v) is 16.7. The van der Waals surface area contributed by atoms with Gasteiger partial charge in [0.05, 0.1) is 18.8 Å². The third-order valence-electron chi connectivity index (χ3n) is 4.98. The zero-order valence-electron chi connectivity index (χ0n) is 16.7. The number of methoxy groups -OCH3 is 1. The molecule has 0 fully saturated rings. The van der Waals surface area contributed by atoms with Crippen LogP contribution in [0, 0.1) is 11.3 Å². The fraction of sp³-hybridized carbons (Fsp3) is 0.0741. The molecule has 0 amide bonds. The molecule has 0 spiro atoms. The average Bonchev–Trinajstić information content (AvgIpc) is 2.82. The number of nitriles is 1. The van der Waals surface area contributed by atoms with E-state index in [4.69, 9.17) is 9.47 Å². The first kappa shape index (κ1) is 19.3. The Morgan fingerprint density at radius 3 is 2.33 bits per heavy atom. The molecule has 0 aliphatic rings. The van der Waals surface area contributed by atoms with Crippen molar-refractivity contribution in [2.75, 3.05) is 7.11 Å². The van der Waals surface area contributed by atoms with Gasteiger partial charge in [-0.3, -0.25) is 0 Å². The van der Waals surface area contributed by atoms with Gasteiger partial charge in [0.2, 0.25) is 0 Å². The Morgan fingerprint density at radius 2 is 1.60 bits per heavy atom. The standard InChI is InChI=1S/C27H21NO2/c1-29-24-14-11-21(12-15-24)23(18-28)17-26-25-10-6-5-9-22(25)13-16-27(26)30-19-20-7-3-2-4-8-20/h2-17H,19H2,1H3/b23-17+. The van der Waals surface area contributed by atoms with Gasteiger partial charge >= 0.3 is 0 Å². The summed E-state index contributed by atoms with van der Waals surface area (Å²) in [6.45, 7) is 0.463. The zero-order chi connectivity index (χ0) is 20.8. The van der Waals surface area contributed by atoms with Gasteiger partial charge in [0.25, 0.3) is 0 Å². The topological polar surface area (TPSA) is 42.2 Å². The minimum atomic E-state index is 0.463. The van der Waals surface area contributed by atoms with Crippen molar-refractivity contribution < 1.29 is 9.47 Å². The van der Waals surface area contributed by atoms with E-state index < -0.39 is 0 Å². The lowest BCUT2D eigenvalue weighted by molar-refractivity contribution is 0.306. The normalized spacial score (nSPS) is 11.1. The van der Waals surface area contributed by atoms with E-state index in [9.17, 15) is 5.26 Å². The Hall–Kier alpha value is -4.03. The van der Waals surface area contributed by atoms with Gasteiger partial charge in [-0.15, -0.1) is 0 Å². The number of rotatable bonds is 6. The van der Waals surface area contributed by atoms with Gasteiger partial charge in [0.1, 0.15) is 18.1 Å². The molecule has 146 valence electrons. The molecule has 0 bridgehead atoms. The Kier molecular flexibility index (Phi) is 5.78. The third-order valence-corrected chi connectivity index (χ3v) is 4.98. The third kappa shape index (κ3) is 4.19. The minimum Gasteiger partial charge on any atom is -0.497 e. The lowest BCUT2D eigenvalue weighted by atomic mass is 9.98. The smallest absolute Gasteiger partial charge is 0.127 e. The molecule has 30 heavy (non-hydrogen) atoms. The second kappa shape index (κ2) is 8.98. The highest BCUT2D eigenvalue weighted by molar-refractivity contribution is 6.00. The molecule has 0 aromatic heterocycles. The first-order valence-corrected chi connectivity index (χ1v) is 9.73. The minimum absolute atomic E-state index is 0.463. The van der Waals surface area contributed by atoms with Crippen molar-refractivity contribution in [1.82, 2.24) is 0 Å².